The number of carbonyl (C=O) groups excluding carboxylic acids is 1. The van der Waals surface area contributed by atoms with Crippen LogP contribution in [0.4, 0.5) is 5.69 Å². The molecule has 2 rings (SSSR count). The minimum atomic E-state index is -0.0918. The average Bonchev–Trinajstić information content (AvgIpc) is 2.52. The highest BCUT2D eigenvalue weighted by atomic mass is 79.9. The molecule has 4 heteroatoms. The molecule has 1 N–H and O–H groups in total. The maximum absolute atomic E-state index is 12.3. The van der Waals surface area contributed by atoms with Crippen LogP contribution >= 0.6 is 15.9 Å². The van der Waals surface area contributed by atoms with Crippen molar-refractivity contribution in [3.8, 4) is 0 Å². The van der Waals surface area contributed by atoms with Crippen LogP contribution in [0.3, 0.4) is 0 Å². The van der Waals surface area contributed by atoms with E-state index in [2.05, 4.69) is 46.9 Å². The molecule has 1 amide bonds. The minimum absolute atomic E-state index is 0.0918. The molecule has 0 aliphatic carbocycles. The number of anilines is 1. The molecule has 3 nitrogen and oxygen atoms in total. The van der Waals surface area contributed by atoms with Crippen LogP contribution in [0.25, 0.3) is 0 Å². The molecule has 0 aliphatic rings. The Kier molecular flexibility index (Phi) is 6.37. The lowest BCUT2D eigenvalue weighted by molar-refractivity contribution is 0.102. The Labute approximate surface area is 146 Å². The molecular formula is C19H23BrN2O. The van der Waals surface area contributed by atoms with Crippen LogP contribution in [0.1, 0.15) is 36.7 Å². The highest BCUT2D eigenvalue weighted by Crippen LogP contribution is 2.17. The molecule has 0 unspecified atom stereocenters. The molecule has 0 atom stereocenters. The zero-order chi connectivity index (χ0) is 16.8. The molecule has 122 valence electrons. The van der Waals surface area contributed by atoms with Gasteiger partial charge in [-0.25, -0.2) is 0 Å². The lowest BCUT2D eigenvalue weighted by atomic mass is 10.1. The topological polar surface area (TPSA) is 32.3 Å². The highest BCUT2D eigenvalue weighted by molar-refractivity contribution is 9.10. The Balaban J connectivity index is 2.02. The Bertz CT molecular complexity index is 653. The molecule has 0 radical (unpaired) electrons. The Morgan fingerprint density at radius 2 is 1.87 bits per heavy atom. The van der Waals surface area contributed by atoms with Crippen molar-refractivity contribution in [3.63, 3.8) is 0 Å². The fourth-order valence-corrected chi connectivity index (χ4v) is 2.82. The van der Waals surface area contributed by atoms with Gasteiger partial charge in [-0.2, -0.15) is 0 Å². The van der Waals surface area contributed by atoms with Gasteiger partial charge in [0.05, 0.1) is 0 Å². The van der Waals surface area contributed by atoms with E-state index in [-0.39, 0.29) is 5.91 Å². The first kappa shape index (κ1) is 17.7. The summed E-state index contributed by atoms with van der Waals surface area (Å²) < 4.78 is 0.944. The summed E-state index contributed by atoms with van der Waals surface area (Å²) in [5.41, 5.74) is 2.67. The third kappa shape index (κ3) is 5.19. The van der Waals surface area contributed by atoms with E-state index in [4.69, 9.17) is 0 Å². The van der Waals surface area contributed by atoms with Gasteiger partial charge in [-0.1, -0.05) is 41.1 Å². The van der Waals surface area contributed by atoms with E-state index in [9.17, 15) is 4.79 Å². The van der Waals surface area contributed by atoms with Gasteiger partial charge in [0, 0.05) is 28.3 Å². The van der Waals surface area contributed by atoms with Gasteiger partial charge < -0.3 is 5.32 Å². The fourth-order valence-electron chi connectivity index (χ4n) is 2.43. The van der Waals surface area contributed by atoms with Crippen molar-refractivity contribution in [2.24, 2.45) is 0 Å². The van der Waals surface area contributed by atoms with E-state index in [1.54, 1.807) is 0 Å². The van der Waals surface area contributed by atoms with Crippen molar-refractivity contribution in [3.05, 3.63) is 64.1 Å². The molecule has 23 heavy (non-hydrogen) atoms. The lowest BCUT2D eigenvalue weighted by Crippen LogP contribution is -2.29. The Hall–Kier alpha value is -1.65. The molecule has 0 spiro atoms. The molecule has 0 bridgehead atoms. The van der Waals surface area contributed by atoms with Crippen LogP contribution in [0.15, 0.2) is 53.0 Å². The number of rotatable bonds is 6. The van der Waals surface area contributed by atoms with E-state index < -0.39 is 0 Å². The van der Waals surface area contributed by atoms with Gasteiger partial charge in [0.1, 0.15) is 0 Å². The number of halogens is 1. The Morgan fingerprint density at radius 1 is 1.17 bits per heavy atom. The van der Waals surface area contributed by atoms with Crippen molar-refractivity contribution in [1.29, 1.82) is 0 Å². The Morgan fingerprint density at radius 3 is 2.43 bits per heavy atom. The summed E-state index contributed by atoms with van der Waals surface area (Å²) in [4.78, 5) is 14.7. The lowest BCUT2D eigenvalue weighted by Gasteiger charge is -2.24. The monoisotopic (exact) mass is 374 g/mol. The first-order valence-corrected chi connectivity index (χ1v) is 8.68. The normalized spacial score (nSPS) is 11.0. The number of hydrogen-bond donors (Lipinski definition) is 1. The van der Waals surface area contributed by atoms with E-state index >= 15 is 0 Å². The van der Waals surface area contributed by atoms with Crippen LogP contribution in [0.2, 0.25) is 0 Å². The third-order valence-corrected chi connectivity index (χ3v) is 4.31. The van der Waals surface area contributed by atoms with Crippen LogP contribution in [0, 0.1) is 0 Å². The predicted octanol–water partition coefficient (Wildman–Crippen LogP) is 4.93. The summed E-state index contributed by atoms with van der Waals surface area (Å²) in [6.45, 7) is 8.48. The van der Waals surface area contributed by atoms with Gasteiger partial charge in [0.25, 0.3) is 5.91 Å². The second-order valence-electron chi connectivity index (χ2n) is 5.82. The molecule has 0 fully saturated rings. The zero-order valence-corrected chi connectivity index (χ0v) is 15.4. The number of carbonyl (C=O) groups is 1. The quantitative estimate of drug-likeness (QED) is 0.776. The van der Waals surface area contributed by atoms with Gasteiger partial charge in [-0.05, 0) is 56.3 Å². The van der Waals surface area contributed by atoms with Gasteiger partial charge in [-0.15, -0.1) is 0 Å². The fraction of sp³-hybridized carbons (Fsp3) is 0.316. The second kappa shape index (κ2) is 8.27. The summed E-state index contributed by atoms with van der Waals surface area (Å²) in [6.07, 6.45) is 0. The second-order valence-corrected chi connectivity index (χ2v) is 6.73. The van der Waals surface area contributed by atoms with Crippen LogP contribution in [-0.2, 0) is 6.54 Å². The standard InChI is InChI=1S/C19H23BrN2O/c1-4-22(14(2)3)13-15-8-10-16(11-9-15)19(23)21-18-7-5-6-17(20)12-18/h5-12,14H,4,13H2,1-3H3,(H,21,23). The summed E-state index contributed by atoms with van der Waals surface area (Å²) in [6, 6.07) is 15.9. The first-order chi connectivity index (χ1) is 11.0. The summed E-state index contributed by atoms with van der Waals surface area (Å²) in [5, 5.41) is 2.91. The van der Waals surface area contributed by atoms with Crippen molar-refractivity contribution in [2.75, 3.05) is 11.9 Å². The number of hydrogen-bond acceptors (Lipinski definition) is 2. The van der Waals surface area contributed by atoms with Gasteiger partial charge in [0.15, 0.2) is 0 Å². The third-order valence-electron chi connectivity index (χ3n) is 3.82. The molecule has 2 aromatic carbocycles. The van der Waals surface area contributed by atoms with E-state index in [1.165, 1.54) is 5.56 Å². The van der Waals surface area contributed by atoms with Crippen molar-refractivity contribution in [2.45, 2.75) is 33.4 Å². The van der Waals surface area contributed by atoms with Gasteiger partial charge in [0.2, 0.25) is 0 Å². The van der Waals surface area contributed by atoms with E-state index in [0.717, 1.165) is 23.2 Å². The summed E-state index contributed by atoms with van der Waals surface area (Å²) in [5.74, 6) is -0.0918. The number of nitrogens with zero attached hydrogens (tertiary/aromatic N) is 1. The average molecular weight is 375 g/mol. The maximum Gasteiger partial charge on any atom is 0.255 e. The highest BCUT2D eigenvalue weighted by Gasteiger charge is 2.09. The molecule has 0 saturated heterocycles. The van der Waals surface area contributed by atoms with Gasteiger partial charge in [-0.3, -0.25) is 9.69 Å². The predicted molar refractivity (Wildman–Crippen MR) is 99.8 cm³/mol. The SMILES string of the molecule is CCN(Cc1ccc(C(=O)Nc2cccc(Br)c2)cc1)C(C)C. The molecule has 2 aromatic rings. The minimum Gasteiger partial charge on any atom is -0.322 e. The zero-order valence-electron chi connectivity index (χ0n) is 13.8. The van der Waals surface area contributed by atoms with Crippen LogP contribution < -0.4 is 5.32 Å². The largest absolute Gasteiger partial charge is 0.322 e. The molecule has 0 aromatic heterocycles. The number of amides is 1. The van der Waals surface area contributed by atoms with E-state index in [1.807, 2.05) is 48.5 Å². The van der Waals surface area contributed by atoms with Crippen LogP contribution in [-0.4, -0.2) is 23.4 Å². The summed E-state index contributed by atoms with van der Waals surface area (Å²) >= 11 is 3.40. The van der Waals surface area contributed by atoms with Crippen molar-refractivity contribution >= 4 is 27.5 Å². The van der Waals surface area contributed by atoms with Gasteiger partial charge >= 0.3 is 0 Å². The molecular weight excluding hydrogens is 352 g/mol. The number of benzene rings is 2. The molecule has 0 aliphatic heterocycles. The van der Waals surface area contributed by atoms with E-state index in [0.29, 0.717) is 11.6 Å². The first-order valence-electron chi connectivity index (χ1n) is 7.89. The van der Waals surface area contributed by atoms with Crippen molar-refractivity contribution in [1.82, 2.24) is 4.90 Å². The van der Waals surface area contributed by atoms with Crippen molar-refractivity contribution < 1.29 is 4.79 Å². The summed E-state index contributed by atoms with van der Waals surface area (Å²) in [7, 11) is 0. The number of nitrogens with one attached hydrogen (secondary N) is 1. The molecule has 0 heterocycles. The smallest absolute Gasteiger partial charge is 0.255 e. The molecule has 0 saturated carbocycles. The van der Waals surface area contributed by atoms with Crippen LogP contribution in [0.5, 0.6) is 0 Å². The maximum atomic E-state index is 12.3.